The average Bonchev–Trinajstić information content (AvgIpc) is 3.44. The van der Waals surface area contributed by atoms with Gasteiger partial charge >= 0.3 is 0 Å². The number of benzene rings is 4. The van der Waals surface area contributed by atoms with Gasteiger partial charge in [0.05, 0.1) is 6.61 Å². The van der Waals surface area contributed by atoms with Gasteiger partial charge in [-0.25, -0.2) is 4.99 Å². The molecule has 4 aromatic carbocycles. The average molecular weight is 669 g/mol. The summed E-state index contributed by atoms with van der Waals surface area (Å²) >= 11 is 3.67. The number of rotatable bonds is 13. The molecular formula is C35H34BrN5O4. The van der Waals surface area contributed by atoms with E-state index in [4.69, 9.17) is 19.6 Å². The predicted octanol–water partition coefficient (Wildman–Crippen LogP) is 7.32. The van der Waals surface area contributed by atoms with Gasteiger partial charge in [-0.3, -0.25) is 4.79 Å². The minimum Gasteiger partial charge on any atom is -0.494 e. The smallest absolute Gasteiger partial charge is 0.252 e. The molecule has 2 N–H and O–H groups in total. The van der Waals surface area contributed by atoms with E-state index in [1.165, 1.54) is 5.56 Å². The van der Waals surface area contributed by atoms with Crippen LogP contribution >= 0.6 is 15.9 Å². The molecule has 1 aliphatic rings. The van der Waals surface area contributed by atoms with Gasteiger partial charge in [-0.05, 0) is 60.3 Å². The van der Waals surface area contributed by atoms with Crippen LogP contribution in [0.5, 0.6) is 5.75 Å². The number of hydrogen-bond acceptors (Lipinski definition) is 6. The molecule has 0 fully saturated rings. The van der Waals surface area contributed by atoms with Crippen molar-refractivity contribution in [1.82, 2.24) is 5.32 Å². The summed E-state index contributed by atoms with van der Waals surface area (Å²) in [7, 11) is 0. The molecule has 1 aliphatic heterocycles. The first-order valence-corrected chi connectivity index (χ1v) is 15.5. The lowest BCUT2D eigenvalue weighted by molar-refractivity contribution is -0.128. The van der Waals surface area contributed by atoms with Crippen molar-refractivity contribution < 1.29 is 19.4 Å². The highest BCUT2D eigenvalue weighted by molar-refractivity contribution is 9.10. The summed E-state index contributed by atoms with van der Waals surface area (Å²) in [5.41, 5.74) is 12.6. The van der Waals surface area contributed by atoms with Crippen LogP contribution < -0.4 is 10.1 Å². The number of azide groups is 1. The first kappa shape index (κ1) is 31.8. The van der Waals surface area contributed by atoms with E-state index in [1.54, 1.807) is 12.1 Å². The van der Waals surface area contributed by atoms with Crippen LogP contribution in [0.15, 0.2) is 112 Å². The molecule has 230 valence electrons. The number of carbonyl (C=O) groups excluding carboxylic acids is 1. The number of aliphatic imine (C=N–C) groups is 1. The molecule has 0 saturated heterocycles. The molecule has 0 saturated carbocycles. The van der Waals surface area contributed by atoms with Crippen LogP contribution in [0.1, 0.15) is 40.3 Å². The lowest BCUT2D eigenvalue weighted by Crippen LogP contribution is -2.50. The van der Waals surface area contributed by atoms with E-state index in [1.807, 2.05) is 67.6 Å². The van der Waals surface area contributed by atoms with Gasteiger partial charge in [-0.1, -0.05) is 93.3 Å². The number of aryl methyl sites for hydroxylation is 1. The van der Waals surface area contributed by atoms with Crippen LogP contribution in [0.3, 0.4) is 0 Å². The summed E-state index contributed by atoms with van der Waals surface area (Å²) in [6, 6.07) is 30.3. The Kier molecular flexibility index (Phi) is 10.5. The Hall–Kier alpha value is -4.63. The molecule has 4 aromatic rings. The lowest BCUT2D eigenvalue weighted by Gasteiger charge is -2.31. The standard InChI is InChI=1S/C35H34BrN5O4/c1-24-11-13-25(14-12-24)19-20-38-34(43)35(23-27-7-2-5-10-31(27)40-41-37)32(29-8-3-4-9-30(29)36)45-33(39-35)26-15-17-28(18-16-26)44-22-6-21-42/h2-5,7-18,32,42H,6,19-23H2,1H3,(H,38,43)/t32-,35-/m1/s1. The SMILES string of the molecule is Cc1ccc(CCNC(=O)[C@]2(Cc3ccccc3N=[N+]=[N-])N=C(c3ccc(OCCCO)cc3)O[C@@H]2c2ccccc2Br)cc1. The zero-order valence-corrected chi connectivity index (χ0v) is 26.5. The van der Waals surface area contributed by atoms with E-state index >= 15 is 0 Å². The van der Waals surface area contributed by atoms with Gasteiger partial charge in [0.1, 0.15) is 5.75 Å². The molecule has 0 aromatic heterocycles. The number of amides is 1. The van der Waals surface area contributed by atoms with E-state index < -0.39 is 11.6 Å². The fourth-order valence-electron chi connectivity index (χ4n) is 5.27. The minimum atomic E-state index is -1.44. The second-order valence-corrected chi connectivity index (χ2v) is 11.7. The summed E-state index contributed by atoms with van der Waals surface area (Å²) in [6.45, 7) is 2.89. The van der Waals surface area contributed by atoms with Gasteiger partial charge < -0.3 is 19.9 Å². The maximum atomic E-state index is 14.5. The molecule has 1 amide bonds. The quantitative estimate of drug-likeness (QED) is 0.0670. The van der Waals surface area contributed by atoms with Crippen LogP contribution in [0.25, 0.3) is 10.4 Å². The fourth-order valence-corrected chi connectivity index (χ4v) is 5.76. The number of carbonyl (C=O) groups is 1. The Morgan fingerprint density at radius 3 is 2.53 bits per heavy atom. The normalized spacial score (nSPS) is 17.1. The van der Waals surface area contributed by atoms with Gasteiger partial charge in [0.25, 0.3) is 5.91 Å². The molecule has 5 rings (SSSR count). The summed E-state index contributed by atoms with van der Waals surface area (Å²) in [6.07, 6.45) is 0.495. The van der Waals surface area contributed by atoms with Crippen LogP contribution in [0.2, 0.25) is 0 Å². The molecule has 0 unspecified atom stereocenters. The largest absolute Gasteiger partial charge is 0.494 e. The Bertz CT molecular complexity index is 1700. The highest BCUT2D eigenvalue weighted by atomic mass is 79.9. The molecule has 0 spiro atoms. The Morgan fingerprint density at radius 2 is 1.80 bits per heavy atom. The molecule has 0 bridgehead atoms. The third kappa shape index (κ3) is 7.54. The summed E-state index contributed by atoms with van der Waals surface area (Å²) in [5.74, 6) is 0.661. The molecular weight excluding hydrogens is 634 g/mol. The Balaban J connectivity index is 1.56. The van der Waals surface area contributed by atoms with Crippen molar-refractivity contribution in [1.29, 1.82) is 0 Å². The third-order valence-corrected chi connectivity index (χ3v) is 8.36. The molecule has 0 aliphatic carbocycles. The zero-order valence-electron chi connectivity index (χ0n) is 24.9. The van der Waals surface area contributed by atoms with Gasteiger partial charge in [0.15, 0.2) is 11.6 Å². The number of hydrogen-bond donors (Lipinski definition) is 2. The number of aliphatic hydroxyl groups excluding tert-OH is 1. The highest BCUT2D eigenvalue weighted by Gasteiger charge is 2.54. The first-order chi connectivity index (χ1) is 21.9. The van der Waals surface area contributed by atoms with E-state index in [0.717, 1.165) is 15.6 Å². The van der Waals surface area contributed by atoms with Crippen molar-refractivity contribution in [2.45, 2.75) is 37.8 Å². The number of ether oxygens (including phenoxy) is 2. The molecule has 2 atom stereocenters. The number of aliphatic hydroxyl groups is 1. The zero-order chi connectivity index (χ0) is 31.6. The van der Waals surface area contributed by atoms with Gasteiger partial charge in [0.2, 0.25) is 5.90 Å². The number of halogens is 1. The second kappa shape index (κ2) is 14.9. The van der Waals surface area contributed by atoms with Crippen molar-refractivity contribution in [3.8, 4) is 5.75 Å². The van der Waals surface area contributed by atoms with E-state index in [2.05, 4.69) is 55.5 Å². The van der Waals surface area contributed by atoms with Gasteiger partial charge in [-0.2, -0.15) is 0 Å². The number of nitrogens with zero attached hydrogens (tertiary/aromatic N) is 4. The monoisotopic (exact) mass is 667 g/mol. The Labute approximate surface area is 270 Å². The minimum absolute atomic E-state index is 0.0527. The van der Waals surface area contributed by atoms with Crippen LogP contribution in [0, 0.1) is 6.92 Å². The second-order valence-electron chi connectivity index (χ2n) is 10.8. The van der Waals surface area contributed by atoms with Crippen molar-refractivity contribution in [2.24, 2.45) is 10.1 Å². The summed E-state index contributed by atoms with van der Waals surface area (Å²) in [5, 5.41) is 16.1. The van der Waals surface area contributed by atoms with Crippen LogP contribution in [0.4, 0.5) is 5.69 Å². The number of nitrogens with one attached hydrogen (secondary N) is 1. The van der Waals surface area contributed by atoms with E-state index in [0.29, 0.717) is 54.5 Å². The van der Waals surface area contributed by atoms with Crippen molar-refractivity contribution in [3.05, 3.63) is 140 Å². The van der Waals surface area contributed by atoms with Gasteiger partial charge in [-0.15, -0.1) is 0 Å². The fraction of sp³-hybridized carbons (Fsp3) is 0.257. The molecule has 0 radical (unpaired) electrons. The van der Waals surface area contributed by atoms with E-state index in [-0.39, 0.29) is 18.9 Å². The molecule has 45 heavy (non-hydrogen) atoms. The first-order valence-electron chi connectivity index (χ1n) is 14.8. The lowest BCUT2D eigenvalue weighted by atomic mass is 9.81. The van der Waals surface area contributed by atoms with E-state index in [9.17, 15) is 10.3 Å². The topological polar surface area (TPSA) is 129 Å². The van der Waals surface area contributed by atoms with Crippen molar-refractivity contribution in [3.63, 3.8) is 0 Å². The molecule has 10 heteroatoms. The predicted molar refractivity (Wildman–Crippen MR) is 178 cm³/mol. The Morgan fingerprint density at radius 1 is 1.07 bits per heavy atom. The summed E-state index contributed by atoms with van der Waals surface area (Å²) in [4.78, 5) is 22.6. The van der Waals surface area contributed by atoms with Crippen molar-refractivity contribution in [2.75, 3.05) is 19.8 Å². The third-order valence-electron chi connectivity index (χ3n) is 7.64. The maximum absolute atomic E-state index is 14.5. The molecule has 1 heterocycles. The maximum Gasteiger partial charge on any atom is 0.252 e. The van der Waals surface area contributed by atoms with Crippen LogP contribution in [-0.2, 0) is 22.4 Å². The highest BCUT2D eigenvalue weighted by Crippen LogP contribution is 2.45. The van der Waals surface area contributed by atoms with Crippen molar-refractivity contribution >= 4 is 33.4 Å². The molecule has 9 nitrogen and oxygen atoms in total. The van der Waals surface area contributed by atoms with Crippen LogP contribution in [-0.4, -0.2) is 42.2 Å². The van der Waals surface area contributed by atoms with Gasteiger partial charge in [0, 0.05) is 52.2 Å². The summed E-state index contributed by atoms with van der Waals surface area (Å²) < 4.78 is 13.1.